The van der Waals surface area contributed by atoms with Crippen molar-refractivity contribution >= 4 is 29.2 Å². The van der Waals surface area contributed by atoms with Crippen LogP contribution in [0.2, 0.25) is 0 Å². The molecule has 0 unspecified atom stereocenters. The predicted molar refractivity (Wildman–Crippen MR) is 106 cm³/mol. The lowest BCUT2D eigenvalue weighted by molar-refractivity contribution is -0.231. The summed E-state index contributed by atoms with van der Waals surface area (Å²) in [5.74, 6) is -1.74. The summed E-state index contributed by atoms with van der Waals surface area (Å²) in [6.07, 6.45) is -8.91. The molecule has 162 valence electrons. The van der Waals surface area contributed by atoms with Gasteiger partial charge in [-0.1, -0.05) is 30.3 Å². The van der Waals surface area contributed by atoms with Crippen LogP contribution in [0.25, 0.3) is 0 Å². The number of ketones is 1. The van der Waals surface area contributed by atoms with E-state index in [0.29, 0.717) is 22.5 Å². The van der Waals surface area contributed by atoms with E-state index in [9.17, 15) is 34.8 Å². The van der Waals surface area contributed by atoms with Crippen molar-refractivity contribution in [2.45, 2.75) is 37.1 Å². The van der Waals surface area contributed by atoms with Crippen LogP contribution in [-0.2, 0) is 16.0 Å². The van der Waals surface area contributed by atoms with Gasteiger partial charge in [0.25, 0.3) is 0 Å². The molecule has 2 aromatic rings. The summed E-state index contributed by atoms with van der Waals surface area (Å²) in [6, 6.07) is 12.5. The van der Waals surface area contributed by atoms with E-state index in [1.54, 1.807) is 48.5 Å². The molecule has 0 saturated carbocycles. The highest BCUT2D eigenvalue weighted by Gasteiger charge is 2.48. The number of aliphatic carboxylic acids is 1. The Labute approximate surface area is 176 Å². The molecule has 2 aromatic carbocycles. The number of ether oxygens (including phenoxy) is 1. The van der Waals surface area contributed by atoms with Crippen LogP contribution in [0.1, 0.15) is 15.9 Å². The fourth-order valence-electron chi connectivity index (χ4n) is 3.79. The fraction of sp³-hybridized carbons (Fsp3) is 0.286. The monoisotopic (exact) mass is 428 g/mol. The van der Waals surface area contributed by atoms with Crippen molar-refractivity contribution in [3.8, 4) is 0 Å². The number of fused-ring (bicyclic) bond motifs is 2. The number of aliphatic hydroxyl groups excluding tert-OH is 3. The summed E-state index contributed by atoms with van der Waals surface area (Å²) in [5, 5.41) is 41.6. The number of nitrogens with one attached hydrogen (secondary N) is 1. The fourth-order valence-corrected chi connectivity index (χ4v) is 3.79. The average molecular weight is 428 g/mol. The zero-order chi connectivity index (χ0) is 22.3. The predicted octanol–water partition coefficient (Wildman–Crippen LogP) is 0.165. The highest BCUT2D eigenvalue weighted by molar-refractivity contribution is 6.12. The number of hydrogen-bond acceptors (Lipinski definition) is 7. The summed E-state index contributed by atoms with van der Waals surface area (Å²) < 4.78 is 5.15. The minimum atomic E-state index is -1.88. The van der Waals surface area contributed by atoms with Gasteiger partial charge < -0.3 is 30.5 Å². The average Bonchev–Trinajstić information content (AvgIpc) is 2.87. The number of carbonyl (C=O) groups excluding carboxylic acids is 2. The molecule has 1 fully saturated rings. The Morgan fingerprint density at radius 3 is 2.29 bits per heavy atom. The number of urea groups is 1. The minimum Gasteiger partial charge on any atom is -0.479 e. The second-order valence-corrected chi connectivity index (χ2v) is 7.32. The zero-order valence-electron chi connectivity index (χ0n) is 16.1. The Kier molecular flexibility index (Phi) is 5.46. The van der Waals surface area contributed by atoms with E-state index in [-0.39, 0.29) is 12.2 Å². The van der Waals surface area contributed by atoms with Crippen LogP contribution in [0.5, 0.6) is 0 Å². The number of carboxylic acid groups (broad SMARTS) is 1. The lowest BCUT2D eigenvalue weighted by Gasteiger charge is -2.39. The summed E-state index contributed by atoms with van der Waals surface area (Å²) in [6.45, 7) is 0. The standard InChI is InChI=1S/C21H20N2O8/c24-14-9-10-5-1-3-7-12(10)23(13-8-4-2-6-11(13)14)21(30)22-19-17(27)15(25)16(26)18(31-19)20(28)29/h1-8,15-19,25-27H,9H2,(H,22,30)(H,28,29)/t15-,16-,17+,18-,19+/m0/s1. The zero-order valence-corrected chi connectivity index (χ0v) is 16.1. The maximum atomic E-state index is 13.3. The molecular weight excluding hydrogens is 408 g/mol. The van der Waals surface area contributed by atoms with E-state index >= 15 is 0 Å². The lowest BCUT2D eigenvalue weighted by Crippen LogP contribution is -2.64. The highest BCUT2D eigenvalue weighted by atomic mass is 16.6. The van der Waals surface area contributed by atoms with E-state index in [1.165, 1.54) is 4.90 Å². The van der Waals surface area contributed by atoms with E-state index < -0.39 is 42.6 Å². The molecule has 5 atom stereocenters. The molecule has 0 bridgehead atoms. The third kappa shape index (κ3) is 3.66. The normalized spacial score (nSPS) is 27.6. The maximum Gasteiger partial charge on any atom is 0.335 e. The molecule has 0 aliphatic carbocycles. The molecule has 10 heteroatoms. The molecule has 2 aliphatic rings. The summed E-state index contributed by atoms with van der Waals surface area (Å²) in [7, 11) is 0. The number of nitrogens with zero attached hydrogens (tertiary/aromatic N) is 1. The molecule has 10 nitrogen and oxygen atoms in total. The Balaban J connectivity index is 1.71. The van der Waals surface area contributed by atoms with Crippen molar-refractivity contribution < 1.29 is 39.5 Å². The molecule has 2 heterocycles. The van der Waals surface area contributed by atoms with Gasteiger partial charge in [0.15, 0.2) is 18.1 Å². The van der Waals surface area contributed by atoms with Gasteiger partial charge in [0.05, 0.1) is 11.4 Å². The molecule has 4 rings (SSSR count). The number of benzene rings is 2. The lowest BCUT2D eigenvalue weighted by atomic mass is 9.98. The number of Topliss-reactive ketones (excluding diaryl/α,β-unsaturated/α-hetero) is 1. The van der Waals surface area contributed by atoms with Gasteiger partial charge in [0.1, 0.15) is 18.3 Å². The quantitative estimate of drug-likeness (QED) is 0.453. The highest BCUT2D eigenvalue weighted by Crippen LogP contribution is 2.36. The summed E-state index contributed by atoms with van der Waals surface area (Å²) in [4.78, 5) is 38.6. The third-order valence-corrected chi connectivity index (χ3v) is 5.35. The molecule has 0 radical (unpaired) electrons. The van der Waals surface area contributed by atoms with Crippen molar-refractivity contribution in [1.29, 1.82) is 0 Å². The van der Waals surface area contributed by atoms with Gasteiger partial charge in [-0.3, -0.25) is 9.69 Å². The second-order valence-electron chi connectivity index (χ2n) is 7.32. The minimum absolute atomic E-state index is 0.0749. The van der Waals surface area contributed by atoms with E-state index in [1.807, 2.05) is 0 Å². The van der Waals surface area contributed by atoms with Gasteiger partial charge in [0, 0.05) is 12.0 Å². The Morgan fingerprint density at radius 1 is 0.935 bits per heavy atom. The first-order chi connectivity index (χ1) is 14.8. The van der Waals surface area contributed by atoms with Crippen LogP contribution in [-0.4, -0.2) is 68.9 Å². The van der Waals surface area contributed by atoms with Gasteiger partial charge in [-0.25, -0.2) is 9.59 Å². The van der Waals surface area contributed by atoms with E-state index in [0.717, 1.165) is 0 Å². The Bertz CT molecular complexity index is 1040. The topological polar surface area (TPSA) is 157 Å². The van der Waals surface area contributed by atoms with Crippen LogP contribution < -0.4 is 10.2 Å². The molecular formula is C21H20N2O8. The SMILES string of the molecule is O=C1Cc2ccccc2N(C(=O)N[C@@H]2O[C@H](C(=O)O)[C@@H](O)[C@H](O)[C@H]2O)c2ccccc21. The van der Waals surface area contributed by atoms with Crippen molar-refractivity contribution in [1.82, 2.24) is 5.32 Å². The largest absolute Gasteiger partial charge is 0.479 e. The van der Waals surface area contributed by atoms with Gasteiger partial charge >= 0.3 is 12.0 Å². The van der Waals surface area contributed by atoms with Crippen molar-refractivity contribution in [3.63, 3.8) is 0 Å². The van der Waals surface area contributed by atoms with E-state index in [4.69, 9.17) is 4.74 Å². The molecule has 2 amide bonds. The van der Waals surface area contributed by atoms with Crippen molar-refractivity contribution in [2.24, 2.45) is 0 Å². The first-order valence-corrected chi connectivity index (χ1v) is 9.53. The smallest absolute Gasteiger partial charge is 0.335 e. The summed E-state index contributed by atoms with van der Waals surface area (Å²) >= 11 is 0. The second kappa shape index (κ2) is 8.08. The number of para-hydroxylation sites is 2. The number of carbonyl (C=O) groups is 3. The molecule has 0 spiro atoms. The Hall–Kier alpha value is -3.31. The van der Waals surface area contributed by atoms with Crippen molar-refractivity contribution in [3.05, 3.63) is 59.7 Å². The van der Waals surface area contributed by atoms with Gasteiger partial charge in [-0.2, -0.15) is 0 Å². The first kappa shape index (κ1) is 20.9. The number of amides is 2. The number of rotatable bonds is 2. The first-order valence-electron chi connectivity index (χ1n) is 9.53. The van der Waals surface area contributed by atoms with Crippen LogP contribution in [0.15, 0.2) is 48.5 Å². The molecule has 0 aromatic heterocycles. The van der Waals surface area contributed by atoms with Crippen LogP contribution >= 0.6 is 0 Å². The van der Waals surface area contributed by atoms with Crippen molar-refractivity contribution in [2.75, 3.05) is 4.90 Å². The number of carboxylic acids is 1. The van der Waals surface area contributed by atoms with Gasteiger partial charge in [-0.15, -0.1) is 0 Å². The van der Waals surface area contributed by atoms with Crippen LogP contribution in [0.3, 0.4) is 0 Å². The third-order valence-electron chi connectivity index (χ3n) is 5.35. The molecule has 1 saturated heterocycles. The summed E-state index contributed by atoms with van der Waals surface area (Å²) in [5.41, 5.74) is 1.65. The Morgan fingerprint density at radius 2 is 1.58 bits per heavy atom. The number of aliphatic hydroxyl groups is 3. The molecule has 31 heavy (non-hydrogen) atoms. The number of anilines is 2. The van der Waals surface area contributed by atoms with Crippen LogP contribution in [0.4, 0.5) is 16.2 Å². The van der Waals surface area contributed by atoms with E-state index in [2.05, 4.69) is 5.32 Å². The molecule has 2 aliphatic heterocycles. The van der Waals surface area contributed by atoms with Gasteiger partial charge in [0.2, 0.25) is 0 Å². The number of hydrogen-bond donors (Lipinski definition) is 5. The maximum absolute atomic E-state index is 13.3. The molecule has 5 N–H and O–H groups in total. The van der Waals surface area contributed by atoms with Gasteiger partial charge in [-0.05, 0) is 23.8 Å². The van der Waals surface area contributed by atoms with Crippen LogP contribution in [0, 0.1) is 0 Å².